The Bertz CT molecular complexity index is 750. The van der Waals surface area contributed by atoms with Gasteiger partial charge in [-0.3, -0.25) is 4.79 Å². The summed E-state index contributed by atoms with van der Waals surface area (Å²) >= 11 is 12.8. The van der Waals surface area contributed by atoms with E-state index in [0.717, 1.165) is 41.8 Å². The van der Waals surface area contributed by atoms with Gasteiger partial charge >= 0.3 is 0 Å². The van der Waals surface area contributed by atoms with Gasteiger partial charge in [0.05, 0.1) is 22.3 Å². The Hall–Kier alpha value is -1.43. The van der Waals surface area contributed by atoms with Crippen molar-refractivity contribution in [2.45, 2.75) is 31.2 Å². The van der Waals surface area contributed by atoms with Crippen molar-refractivity contribution in [1.82, 2.24) is 4.90 Å². The molecule has 2 unspecified atom stereocenters. The first-order valence-electron chi connectivity index (χ1n) is 8.60. The maximum atomic E-state index is 11.9. The van der Waals surface area contributed by atoms with E-state index in [4.69, 9.17) is 27.9 Å². The number of hydrogen-bond acceptors (Lipinski definition) is 4. The standard InChI is InChI=1S/C18H20Cl2N2O3/c19-12-7-10(14-3-1-2-6-25-14)16-11-8-22(15(24)9-23)5-4-13(11)21-18(16)17(12)20/h3,7,11,13,21,23H,1-2,4-6,8-9H2. The van der Waals surface area contributed by atoms with Crippen LogP contribution in [0.4, 0.5) is 5.69 Å². The van der Waals surface area contributed by atoms with Crippen molar-refractivity contribution in [3.05, 3.63) is 33.3 Å². The van der Waals surface area contributed by atoms with E-state index in [1.165, 1.54) is 0 Å². The lowest BCUT2D eigenvalue weighted by Gasteiger charge is -2.35. The third-order valence-electron chi connectivity index (χ3n) is 5.26. The number of benzene rings is 1. The number of ether oxygens (including phenoxy) is 1. The average Bonchev–Trinajstić information content (AvgIpc) is 3.03. The molecule has 3 aliphatic heterocycles. The van der Waals surface area contributed by atoms with Gasteiger partial charge in [-0.05, 0) is 37.0 Å². The number of halogens is 2. The molecular formula is C18H20Cl2N2O3. The summed E-state index contributed by atoms with van der Waals surface area (Å²) in [5.74, 6) is 0.714. The molecule has 1 aromatic rings. The van der Waals surface area contributed by atoms with Crippen LogP contribution in [-0.2, 0) is 9.53 Å². The summed E-state index contributed by atoms with van der Waals surface area (Å²) in [6.07, 6.45) is 4.88. The van der Waals surface area contributed by atoms with Crippen LogP contribution in [0.15, 0.2) is 12.1 Å². The second-order valence-electron chi connectivity index (χ2n) is 6.71. The van der Waals surface area contributed by atoms with Gasteiger partial charge in [0.15, 0.2) is 0 Å². The molecule has 3 aliphatic rings. The van der Waals surface area contributed by atoms with Gasteiger partial charge in [-0.15, -0.1) is 0 Å². The second kappa shape index (κ2) is 6.71. The zero-order valence-corrected chi connectivity index (χ0v) is 15.2. The van der Waals surface area contributed by atoms with Crippen LogP contribution >= 0.6 is 23.2 Å². The fraction of sp³-hybridized carbons (Fsp3) is 0.500. The fourth-order valence-corrected chi connectivity index (χ4v) is 4.46. The van der Waals surface area contributed by atoms with Crippen LogP contribution in [-0.4, -0.2) is 48.3 Å². The molecule has 1 saturated heterocycles. The molecule has 2 atom stereocenters. The molecule has 0 spiro atoms. The Kier molecular flexibility index (Phi) is 4.56. The molecule has 0 bridgehead atoms. The van der Waals surface area contributed by atoms with Crippen molar-refractivity contribution in [1.29, 1.82) is 0 Å². The first-order valence-corrected chi connectivity index (χ1v) is 9.36. The molecule has 3 heterocycles. The van der Waals surface area contributed by atoms with E-state index < -0.39 is 6.61 Å². The molecule has 1 fully saturated rings. The van der Waals surface area contributed by atoms with E-state index in [1.54, 1.807) is 4.90 Å². The molecular weight excluding hydrogens is 363 g/mol. The number of carbonyl (C=O) groups is 1. The summed E-state index contributed by atoms with van der Waals surface area (Å²) in [5.41, 5.74) is 2.89. The van der Waals surface area contributed by atoms with E-state index in [0.29, 0.717) is 29.7 Å². The molecule has 4 rings (SSSR count). The highest BCUT2D eigenvalue weighted by Crippen LogP contribution is 2.49. The largest absolute Gasteiger partial charge is 0.493 e. The highest BCUT2D eigenvalue weighted by Gasteiger charge is 2.41. The van der Waals surface area contributed by atoms with E-state index in [9.17, 15) is 9.90 Å². The minimum atomic E-state index is -0.458. The molecule has 1 amide bonds. The van der Waals surface area contributed by atoms with Crippen LogP contribution in [0, 0.1) is 0 Å². The number of anilines is 1. The number of likely N-dealkylation sites (tertiary alicyclic amines) is 1. The molecule has 0 radical (unpaired) electrons. The van der Waals surface area contributed by atoms with Gasteiger partial charge in [0.1, 0.15) is 12.4 Å². The molecule has 2 N–H and O–H groups in total. The number of allylic oxidation sites excluding steroid dienone is 1. The van der Waals surface area contributed by atoms with Crippen LogP contribution in [0.1, 0.15) is 36.3 Å². The lowest BCUT2D eigenvalue weighted by molar-refractivity contribution is -0.135. The third-order valence-corrected chi connectivity index (χ3v) is 6.05. The van der Waals surface area contributed by atoms with Gasteiger partial charge in [-0.1, -0.05) is 23.2 Å². The number of piperidine rings is 1. The van der Waals surface area contributed by atoms with Crippen molar-refractivity contribution in [3.63, 3.8) is 0 Å². The summed E-state index contributed by atoms with van der Waals surface area (Å²) in [6.45, 7) is 1.42. The normalized spacial score (nSPS) is 24.8. The van der Waals surface area contributed by atoms with Crippen molar-refractivity contribution in [2.24, 2.45) is 0 Å². The van der Waals surface area contributed by atoms with Gasteiger partial charge in [-0.2, -0.15) is 0 Å². The van der Waals surface area contributed by atoms with E-state index in [1.807, 2.05) is 6.07 Å². The molecule has 25 heavy (non-hydrogen) atoms. The van der Waals surface area contributed by atoms with Gasteiger partial charge in [0.2, 0.25) is 5.91 Å². The quantitative estimate of drug-likeness (QED) is 0.823. The number of aliphatic hydroxyl groups excluding tert-OH is 1. The Morgan fingerprint density at radius 2 is 2.28 bits per heavy atom. The van der Waals surface area contributed by atoms with Gasteiger partial charge in [0, 0.05) is 30.6 Å². The summed E-state index contributed by atoms with van der Waals surface area (Å²) < 4.78 is 5.87. The predicted octanol–water partition coefficient (Wildman–Crippen LogP) is 3.25. The highest BCUT2D eigenvalue weighted by atomic mass is 35.5. The zero-order valence-electron chi connectivity index (χ0n) is 13.7. The Balaban J connectivity index is 1.78. The predicted molar refractivity (Wildman–Crippen MR) is 98.1 cm³/mol. The van der Waals surface area contributed by atoms with Crippen LogP contribution < -0.4 is 5.32 Å². The second-order valence-corrected chi connectivity index (χ2v) is 7.50. The lowest BCUT2D eigenvalue weighted by atomic mass is 9.86. The third kappa shape index (κ3) is 2.88. The maximum absolute atomic E-state index is 11.9. The molecule has 0 aromatic heterocycles. The summed E-state index contributed by atoms with van der Waals surface area (Å²) in [7, 11) is 0. The number of nitrogens with one attached hydrogen (secondary N) is 1. The number of hydrogen-bond donors (Lipinski definition) is 2. The first-order chi connectivity index (χ1) is 12.1. The Morgan fingerprint density at radius 1 is 1.44 bits per heavy atom. The lowest BCUT2D eigenvalue weighted by Crippen LogP contribution is -2.46. The van der Waals surface area contributed by atoms with Crippen LogP contribution in [0.2, 0.25) is 10.0 Å². The highest BCUT2D eigenvalue weighted by molar-refractivity contribution is 6.44. The molecule has 1 aromatic carbocycles. The summed E-state index contributed by atoms with van der Waals surface area (Å²) in [4.78, 5) is 13.7. The average molecular weight is 383 g/mol. The number of nitrogens with zero attached hydrogens (tertiary/aromatic N) is 1. The smallest absolute Gasteiger partial charge is 0.248 e. The number of fused-ring (bicyclic) bond motifs is 3. The molecule has 0 saturated carbocycles. The Morgan fingerprint density at radius 3 is 3.00 bits per heavy atom. The van der Waals surface area contributed by atoms with Crippen molar-refractivity contribution in [3.8, 4) is 0 Å². The van der Waals surface area contributed by atoms with Gasteiger partial charge < -0.3 is 20.1 Å². The van der Waals surface area contributed by atoms with E-state index in [2.05, 4.69) is 11.4 Å². The number of carbonyl (C=O) groups excluding carboxylic acids is 1. The minimum Gasteiger partial charge on any atom is -0.493 e. The number of rotatable bonds is 2. The molecule has 7 heteroatoms. The topological polar surface area (TPSA) is 61.8 Å². The monoisotopic (exact) mass is 382 g/mol. The van der Waals surface area contributed by atoms with Crippen molar-refractivity contribution < 1.29 is 14.6 Å². The van der Waals surface area contributed by atoms with Gasteiger partial charge in [-0.25, -0.2) is 0 Å². The minimum absolute atomic E-state index is 0.107. The summed E-state index contributed by atoms with van der Waals surface area (Å²) in [5, 5.41) is 13.7. The number of aliphatic hydroxyl groups is 1. The molecule has 134 valence electrons. The fourth-order valence-electron chi connectivity index (χ4n) is 4.04. The Labute approximate surface area is 156 Å². The summed E-state index contributed by atoms with van der Waals surface area (Å²) in [6, 6.07) is 2.08. The van der Waals surface area contributed by atoms with E-state index >= 15 is 0 Å². The van der Waals surface area contributed by atoms with Gasteiger partial charge in [0.25, 0.3) is 0 Å². The SMILES string of the molecule is O=C(CO)N1CCC2Nc3c(Cl)c(Cl)cc(C4=CCCCO4)c3C2C1. The maximum Gasteiger partial charge on any atom is 0.248 e. The molecule has 5 nitrogen and oxygen atoms in total. The van der Waals surface area contributed by atoms with Crippen LogP contribution in [0.3, 0.4) is 0 Å². The van der Waals surface area contributed by atoms with Crippen LogP contribution in [0.25, 0.3) is 5.76 Å². The van der Waals surface area contributed by atoms with E-state index in [-0.39, 0.29) is 17.9 Å². The zero-order chi connectivity index (χ0) is 17.6. The van der Waals surface area contributed by atoms with Crippen molar-refractivity contribution >= 4 is 40.6 Å². The molecule has 0 aliphatic carbocycles. The first kappa shape index (κ1) is 17.0. The number of amides is 1. The van der Waals surface area contributed by atoms with Crippen molar-refractivity contribution in [2.75, 3.05) is 31.6 Å². The van der Waals surface area contributed by atoms with Crippen LogP contribution in [0.5, 0.6) is 0 Å².